The largest absolute Gasteiger partial charge is 0.337 e. The molecule has 96 valence electrons. The molecular weight excluding hydrogens is 236 g/mol. The fraction of sp³-hybridized carbons (Fsp3) is 0.308. The van der Waals surface area contributed by atoms with E-state index in [1.54, 1.807) is 24.0 Å². The van der Waals surface area contributed by atoms with Crippen LogP contribution in [0.5, 0.6) is 0 Å². The maximum atomic E-state index is 13.9. The lowest BCUT2D eigenvalue weighted by molar-refractivity contribution is 0.536. The van der Waals surface area contributed by atoms with Crippen LogP contribution < -0.4 is 5.73 Å². The second-order valence-electron chi connectivity index (χ2n) is 4.20. The van der Waals surface area contributed by atoms with Crippen molar-refractivity contribution in [3.63, 3.8) is 0 Å². The summed E-state index contributed by atoms with van der Waals surface area (Å²) in [6, 6.07) is 1.73. The highest BCUT2D eigenvalue weighted by Gasteiger charge is 2.21. The highest BCUT2D eigenvalue weighted by atomic mass is 19.1. The molecule has 5 heteroatoms. The van der Waals surface area contributed by atoms with Gasteiger partial charge in [-0.05, 0) is 25.5 Å². The molecule has 2 N–H and O–H groups in total. The summed E-state index contributed by atoms with van der Waals surface area (Å²) in [4.78, 5) is 4.08. The molecule has 2 rings (SSSR count). The van der Waals surface area contributed by atoms with Gasteiger partial charge in [-0.1, -0.05) is 6.07 Å². The Morgan fingerprint density at radius 2 is 2.11 bits per heavy atom. The summed E-state index contributed by atoms with van der Waals surface area (Å²) >= 11 is 0. The van der Waals surface area contributed by atoms with Gasteiger partial charge in [-0.2, -0.15) is 0 Å². The molecule has 0 saturated heterocycles. The minimum absolute atomic E-state index is 0.128. The van der Waals surface area contributed by atoms with Crippen molar-refractivity contribution in [3.8, 4) is 0 Å². The first kappa shape index (κ1) is 12.7. The molecule has 0 amide bonds. The summed E-state index contributed by atoms with van der Waals surface area (Å²) in [6.07, 6.45) is 3.30. The van der Waals surface area contributed by atoms with Gasteiger partial charge in [-0.25, -0.2) is 13.8 Å². The third-order valence-electron chi connectivity index (χ3n) is 2.97. The van der Waals surface area contributed by atoms with Gasteiger partial charge in [0.25, 0.3) is 0 Å². The van der Waals surface area contributed by atoms with Crippen LogP contribution in [0.15, 0.2) is 24.7 Å². The lowest BCUT2D eigenvalue weighted by Crippen LogP contribution is -2.16. The number of hydrogen-bond acceptors (Lipinski definition) is 2. The number of imidazole rings is 1. The Morgan fingerprint density at radius 3 is 2.72 bits per heavy atom. The number of benzene rings is 1. The number of aryl methyl sites for hydroxylation is 2. The number of hydrogen-bond donors (Lipinski definition) is 1. The normalized spacial score (nSPS) is 12.7. The Hall–Kier alpha value is -1.75. The van der Waals surface area contributed by atoms with Crippen molar-refractivity contribution in [1.29, 1.82) is 0 Å². The smallest absolute Gasteiger partial charge is 0.134 e. The molecule has 0 fully saturated rings. The zero-order chi connectivity index (χ0) is 13.3. The molecule has 0 aliphatic carbocycles. The van der Waals surface area contributed by atoms with E-state index in [0.29, 0.717) is 11.3 Å². The number of aromatic nitrogens is 2. The molecule has 0 spiro atoms. The van der Waals surface area contributed by atoms with Crippen molar-refractivity contribution in [3.05, 3.63) is 53.1 Å². The van der Waals surface area contributed by atoms with E-state index in [4.69, 9.17) is 5.73 Å². The standard InChI is InChI=1S/C13H15F2N3/c1-3-18-6-10(17-7-18)13(16)11-9(14)5-4-8(2)12(11)15/h4-7,13H,3,16H2,1-2H3. The molecule has 0 saturated carbocycles. The van der Waals surface area contributed by atoms with E-state index in [0.717, 1.165) is 6.54 Å². The molecular formula is C13H15F2N3. The summed E-state index contributed by atoms with van der Waals surface area (Å²) in [5.74, 6) is -1.25. The van der Waals surface area contributed by atoms with Gasteiger partial charge in [0.05, 0.1) is 18.1 Å². The van der Waals surface area contributed by atoms with Crippen LogP contribution in [0, 0.1) is 18.6 Å². The van der Waals surface area contributed by atoms with Crippen LogP contribution in [-0.4, -0.2) is 9.55 Å². The number of halogens is 2. The van der Waals surface area contributed by atoms with Gasteiger partial charge in [-0.15, -0.1) is 0 Å². The van der Waals surface area contributed by atoms with Crippen LogP contribution in [0.3, 0.4) is 0 Å². The monoisotopic (exact) mass is 251 g/mol. The fourth-order valence-electron chi connectivity index (χ4n) is 1.82. The molecule has 0 aliphatic heterocycles. The second-order valence-corrected chi connectivity index (χ2v) is 4.20. The van der Waals surface area contributed by atoms with Crippen LogP contribution in [0.2, 0.25) is 0 Å². The molecule has 3 nitrogen and oxygen atoms in total. The van der Waals surface area contributed by atoms with Gasteiger partial charge in [0.2, 0.25) is 0 Å². The third kappa shape index (κ3) is 2.13. The van der Waals surface area contributed by atoms with E-state index < -0.39 is 17.7 Å². The second kappa shape index (κ2) is 4.86. The molecule has 2 aromatic rings. The predicted octanol–water partition coefficient (Wildman–Crippen LogP) is 2.54. The van der Waals surface area contributed by atoms with E-state index in [2.05, 4.69) is 4.98 Å². The SMILES string of the molecule is CCn1cnc(C(N)c2c(F)ccc(C)c2F)c1. The molecule has 1 atom stereocenters. The first-order valence-electron chi connectivity index (χ1n) is 5.76. The Balaban J connectivity index is 2.45. The van der Waals surface area contributed by atoms with E-state index in [9.17, 15) is 8.78 Å². The Kier molecular flexibility index (Phi) is 3.43. The minimum atomic E-state index is -0.891. The van der Waals surface area contributed by atoms with Crippen molar-refractivity contribution < 1.29 is 8.78 Å². The van der Waals surface area contributed by atoms with Crippen LogP contribution in [-0.2, 0) is 6.54 Å². The maximum Gasteiger partial charge on any atom is 0.134 e. The van der Waals surface area contributed by atoms with Gasteiger partial charge >= 0.3 is 0 Å². The summed E-state index contributed by atoms with van der Waals surface area (Å²) in [5, 5.41) is 0. The Labute approximate surface area is 104 Å². The van der Waals surface area contributed by atoms with Crippen molar-refractivity contribution in [2.75, 3.05) is 0 Å². The van der Waals surface area contributed by atoms with Crippen LogP contribution in [0.25, 0.3) is 0 Å². The molecule has 1 heterocycles. The highest BCUT2D eigenvalue weighted by molar-refractivity contribution is 5.33. The van der Waals surface area contributed by atoms with Gasteiger partial charge in [0.15, 0.2) is 0 Å². The molecule has 0 radical (unpaired) electrons. The van der Waals surface area contributed by atoms with E-state index in [-0.39, 0.29) is 5.56 Å². The Morgan fingerprint density at radius 1 is 1.39 bits per heavy atom. The number of rotatable bonds is 3. The molecule has 0 bridgehead atoms. The van der Waals surface area contributed by atoms with E-state index >= 15 is 0 Å². The average molecular weight is 251 g/mol. The van der Waals surface area contributed by atoms with Crippen molar-refractivity contribution >= 4 is 0 Å². The van der Waals surface area contributed by atoms with Gasteiger partial charge < -0.3 is 10.3 Å². The fourth-order valence-corrected chi connectivity index (χ4v) is 1.82. The third-order valence-corrected chi connectivity index (χ3v) is 2.97. The number of nitrogens with zero attached hydrogens (tertiary/aromatic N) is 2. The van der Waals surface area contributed by atoms with E-state index in [1.807, 2.05) is 6.92 Å². The Bertz CT molecular complexity index is 563. The van der Waals surface area contributed by atoms with Gasteiger partial charge in [0, 0.05) is 18.3 Å². The first-order chi connectivity index (χ1) is 8.54. The maximum absolute atomic E-state index is 13.9. The topological polar surface area (TPSA) is 43.8 Å². The lowest BCUT2D eigenvalue weighted by atomic mass is 10.0. The first-order valence-corrected chi connectivity index (χ1v) is 5.76. The molecule has 1 aromatic heterocycles. The zero-order valence-corrected chi connectivity index (χ0v) is 10.3. The van der Waals surface area contributed by atoms with Crippen molar-refractivity contribution in [2.24, 2.45) is 5.73 Å². The van der Waals surface area contributed by atoms with E-state index in [1.165, 1.54) is 12.1 Å². The molecule has 18 heavy (non-hydrogen) atoms. The molecule has 1 aromatic carbocycles. The molecule has 1 unspecified atom stereocenters. The molecule has 0 aliphatic rings. The van der Waals surface area contributed by atoms with Crippen molar-refractivity contribution in [1.82, 2.24) is 9.55 Å². The zero-order valence-electron chi connectivity index (χ0n) is 10.3. The van der Waals surface area contributed by atoms with Gasteiger partial charge in [0.1, 0.15) is 11.6 Å². The lowest BCUT2D eigenvalue weighted by Gasteiger charge is -2.13. The predicted molar refractivity (Wildman–Crippen MR) is 65.0 cm³/mol. The summed E-state index contributed by atoms with van der Waals surface area (Å²) in [6.45, 7) is 4.26. The summed E-state index contributed by atoms with van der Waals surface area (Å²) < 4.78 is 29.4. The average Bonchev–Trinajstić information content (AvgIpc) is 2.83. The van der Waals surface area contributed by atoms with Crippen LogP contribution in [0.1, 0.15) is 29.8 Å². The minimum Gasteiger partial charge on any atom is -0.337 e. The summed E-state index contributed by atoms with van der Waals surface area (Å²) in [7, 11) is 0. The highest BCUT2D eigenvalue weighted by Crippen LogP contribution is 2.25. The number of nitrogens with two attached hydrogens (primary N) is 1. The van der Waals surface area contributed by atoms with Gasteiger partial charge in [-0.3, -0.25) is 0 Å². The summed E-state index contributed by atoms with van der Waals surface area (Å²) in [5.41, 5.74) is 6.60. The van der Waals surface area contributed by atoms with Crippen LogP contribution in [0.4, 0.5) is 8.78 Å². The van der Waals surface area contributed by atoms with Crippen LogP contribution >= 0.6 is 0 Å². The van der Waals surface area contributed by atoms with Crippen molar-refractivity contribution in [2.45, 2.75) is 26.4 Å². The quantitative estimate of drug-likeness (QED) is 0.911.